The quantitative estimate of drug-likeness (QED) is 0.579. The van der Waals surface area contributed by atoms with Crippen LogP contribution in [0.1, 0.15) is 41.5 Å². The predicted molar refractivity (Wildman–Crippen MR) is 72.5 cm³/mol. The van der Waals surface area contributed by atoms with Gasteiger partial charge in [0.05, 0.1) is 6.61 Å². The molecule has 0 bridgehead atoms. The lowest BCUT2D eigenvalue weighted by molar-refractivity contribution is -0.175. The normalized spacial score (nSPS) is 14.0. The van der Waals surface area contributed by atoms with Crippen LogP contribution < -0.4 is 0 Å². The van der Waals surface area contributed by atoms with Crippen molar-refractivity contribution in [2.75, 3.05) is 13.2 Å². The van der Waals surface area contributed by atoms with Gasteiger partial charge in [0, 0.05) is 6.04 Å². The second-order valence-corrected chi connectivity index (χ2v) is 6.23. The largest absolute Gasteiger partial charge is 0.465 e. The molecule has 21 heavy (non-hydrogen) atoms. The molecule has 0 radical (unpaired) electrons. The number of ether oxygens (including phenoxy) is 1. The van der Waals surface area contributed by atoms with Crippen molar-refractivity contribution in [1.82, 2.24) is 4.90 Å². The molecule has 0 aromatic rings. The third-order valence-corrected chi connectivity index (χ3v) is 2.89. The van der Waals surface area contributed by atoms with Crippen molar-refractivity contribution in [3.8, 4) is 0 Å². The van der Waals surface area contributed by atoms with E-state index >= 15 is 0 Å². The summed E-state index contributed by atoms with van der Waals surface area (Å²) in [6.07, 6.45) is -4.52. The summed E-state index contributed by atoms with van der Waals surface area (Å²) in [4.78, 5) is 25.1. The van der Waals surface area contributed by atoms with Crippen LogP contribution in [-0.4, -0.2) is 42.1 Å². The summed E-state index contributed by atoms with van der Waals surface area (Å²) in [5.74, 6) is -2.90. The van der Waals surface area contributed by atoms with Gasteiger partial charge in [0.25, 0.3) is 0 Å². The molecule has 0 N–H and O–H groups in total. The van der Waals surface area contributed by atoms with Crippen LogP contribution in [-0.2, 0) is 14.3 Å². The zero-order valence-electron chi connectivity index (χ0n) is 13.4. The molecular formula is C14H24F3NO3. The first kappa shape index (κ1) is 19.7. The lowest BCUT2D eigenvalue weighted by atomic mass is 9.79. The molecular weight excluding hydrogens is 287 g/mol. The average molecular weight is 311 g/mol. The molecule has 0 saturated heterocycles. The number of esters is 1. The molecule has 124 valence electrons. The number of carbonyl (C=O) groups excluding carboxylic acids is 2. The van der Waals surface area contributed by atoms with Gasteiger partial charge in [-0.1, -0.05) is 20.8 Å². The minimum absolute atomic E-state index is 0.0691. The van der Waals surface area contributed by atoms with Crippen molar-refractivity contribution in [1.29, 1.82) is 0 Å². The Morgan fingerprint density at radius 2 is 1.62 bits per heavy atom. The Balaban J connectivity index is 5.46. The maximum Gasteiger partial charge on any atom is 0.406 e. The number of carbonyl (C=O) groups is 2. The minimum atomic E-state index is -4.52. The van der Waals surface area contributed by atoms with E-state index in [4.69, 9.17) is 4.74 Å². The van der Waals surface area contributed by atoms with Gasteiger partial charge in [-0.15, -0.1) is 0 Å². The second kappa shape index (κ2) is 7.13. The highest BCUT2D eigenvalue weighted by Gasteiger charge is 2.44. The molecule has 0 fully saturated rings. The van der Waals surface area contributed by atoms with E-state index in [2.05, 4.69) is 0 Å². The first-order valence-electron chi connectivity index (χ1n) is 6.85. The summed E-state index contributed by atoms with van der Waals surface area (Å²) in [6.45, 7) is 8.10. The molecule has 0 aromatic carbocycles. The Morgan fingerprint density at radius 3 is 1.90 bits per heavy atom. The number of hydrogen-bond donors (Lipinski definition) is 0. The van der Waals surface area contributed by atoms with E-state index in [1.165, 1.54) is 13.8 Å². The standard InChI is InChI=1S/C14H24F3NO3/c1-7-21-12(20)10(13(4,5)6)11(19)18(9(2)3)8-14(15,16)17/h9-10H,7-8H2,1-6H3. The molecule has 4 nitrogen and oxygen atoms in total. The smallest absolute Gasteiger partial charge is 0.406 e. The van der Waals surface area contributed by atoms with Gasteiger partial charge in [0.1, 0.15) is 12.5 Å². The molecule has 0 heterocycles. The number of halogens is 3. The maximum absolute atomic E-state index is 12.6. The SMILES string of the molecule is CCOC(=O)C(C(=O)N(CC(F)(F)F)C(C)C)C(C)(C)C. The molecule has 1 atom stereocenters. The van der Waals surface area contributed by atoms with E-state index in [0.717, 1.165) is 0 Å². The summed E-state index contributed by atoms with van der Waals surface area (Å²) >= 11 is 0. The summed E-state index contributed by atoms with van der Waals surface area (Å²) in [7, 11) is 0. The molecule has 0 aliphatic heterocycles. The Morgan fingerprint density at radius 1 is 1.14 bits per heavy atom. The van der Waals surface area contributed by atoms with E-state index in [1.807, 2.05) is 0 Å². The number of amides is 1. The van der Waals surface area contributed by atoms with Gasteiger partial charge in [0.15, 0.2) is 0 Å². The zero-order valence-corrected chi connectivity index (χ0v) is 13.4. The van der Waals surface area contributed by atoms with E-state index in [9.17, 15) is 22.8 Å². The van der Waals surface area contributed by atoms with Crippen LogP contribution in [0.4, 0.5) is 13.2 Å². The Hall–Kier alpha value is -1.27. The highest BCUT2D eigenvalue weighted by atomic mass is 19.4. The van der Waals surface area contributed by atoms with Crippen LogP contribution in [0.25, 0.3) is 0 Å². The highest BCUT2D eigenvalue weighted by molar-refractivity contribution is 5.98. The number of alkyl halides is 3. The second-order valence-electron chi connectivity index (χ2n) is 6.23. The van der Waals surface area contributed by atoms with Crippen LogP contribution in [0.5, 0.6) is 0 Å². The summed E-state index contributed by atoms with van der Waals surface area (Å²) in [5, 5.41) is 0. The molecule has 0 aromatic heterocycles. The Kier molecular flexibility index (Phi) is 6.70. The number of hydrogen-bond acceptors (Lipinski definition) is 3. The zero-order chi connectivity index (χ0) is 17.0. The summed E-state index contributed by atoms with van der Waals surface area (Å²) in [5.41, 5.74) is -0.831. The lowest BCUT2D eigenvalue weighted by Crippen LogP contribution is -2.51. The van der Waals surface area contributed by atoms with Gasteiger partial charge in [0.2, 0.25) is 5.91 Å². The molecule has 0 aliphatic carbocycles. The van der Waals surface area contributed by atoms with Crippen LogP contribution in [0.3, 0.4) is 0 Å². The molecule has 0 rings (SSSR count). The molecule has 7 heteroatoms. The van der Waals surface area contributed by atoms with Crippen molar-refractivity contribution in [3.63, 3.8) is 0 Å². The molecule has 0 aliphatic rings. The summed E-state index contributed by atoms with van der Waals surface area (Å²) in [6, 6.07) is -0.668. The molecule has 0 saturated carbocycles. The van der Waals surface area contributed by atoms with E-state index in [0.29, 0.717) is 4.90 Å². The maximum atomic E-state index is 12.6. The van der Waals surface area contributed by atoms with Crippen molar-refractivity contribution in [2.45, 2.75) is 53.8 Å². The molecule has 1 amide bonds. The van der Waals surface area contributed by atoms with Crippen molar-refractivity contribution < 1.29 is 27.5 Å². The van der Waals surface area contributed by atoms with Gasteiger partial charge in [-0.2, -0.15) is 13.2 Å². The first-order chi connectivity index (χ1) is 9.31. The Bertz CT molecular complexity index is 373. The lowest BCUT2D eigenvalue weighted by Gasteiger charge is -2.35. The van der Waals surface area contributed by atoms with Crippen molar-refractivity contribution in [2.24, 2.45) is 11.3 Å². The van der Waals surface area contributed by atoms with Crippen LogP contribution in [0, 0.1) is 11.3 Å². The van der Waals surface area contributed by atoms with Gasteiger partial charge < -0.3 is 9.64 Å². The van der Waals surface area contributed by atoms with Gasteiger partial charge in [-0.25, -0.2) is 0 Å². The fourth-order valence-electron chi connectivity index (χ4n) is 1.92. The van der Waals surface area contributed by atoms with Gasteiger partial charge in [-0.05, 0) is 26.2 Å². The third-order valence-electron chi connectivity index (χ3n) is 2.89. The fourth-order valence-corrected chi connectivity index (χ4v) is 1.92. The van der Waals surface area contributed by atoms with Crippen LogP contribution >= 0.6 is 0 Å². The van der Waals surface area contributed by atoms with E-state index in [1.54, 1.807) is 27.7 Å². The van der Waals surface area contributed by atoms with Gasteiger partial charge >= 0.3 is 12.1 Å². The molecule has 0 spiro atoms. The van der Waals surface area contributed by atoms with E-state index in [-0.39, 0.29) is 6.61 Å². The van der Waals surface area contributed by atoms with E-state index < -0.39 is 42.0 Å². The summed E-state index contributed by atoms with van der Waals surface area (Å²) < 4.78 is 42.7. The minimum Gasteiger partial charge on any atom is -0.465 e. The third kappa shape index (κ3) is 6.35. The fraction of sp³-hybridized carbons (Fsp3) is 0.857. The van der Waals surface area contributed by atoms with Crippen LogP contribution in [0.2, 0.25) is 0 Å². The molecule has 1 unspecified atom stereocenters. The predicted octanol–water partition coefficient (Wildman–Crippen LogP) is 3.01. The monoisotopic (exact) mass is 311 g/mol. The number of nitrogens with zero attached hydrogens (tertiary/aromatic N) is 1. The van der Waals surface area contributed by atoms with Crippen molar-refractivity contribution in [3.05, 3.63) is 0 Å². The van der Waals surface area contributed by atoms with Crippen LogP contribution in [0.15, 0.2) is 0 Å². The average Bonchev–Trinajstić information content (AvgIpc) is 2.22. The Labute approximate surface area is 123 Å². The van der Waals surface area contributed by atoms with Gasteiger partial charge in [-0.3, -0.25) is 9.59 Å². The first-order valence-corrected chi connectivity index (χ1v) is 6.85. The topological polar surface area (TPSA) is 46.6 Å². The number of rotatable bonds is 5. The van der Waals surface area contributed by atoms with Crippen molar-refractivity contribution >= 4 is 11.9 Å². The highest BCUT2D eigenvalue weighted by Crippen LogP contribution is 2.31.